The Kier molecular flexibility index (Phi) is 4.03. The van der Waals surface area contributed by atoms with E-state index in [0.29, 0.717) is 6.61 Å². The molecule has 2 nitrogen and oxygen atoms in total. The molecular formula is C12H14O2. The second-order valence-electron chi connectivity index (χ2n) is 2.89. The summed E-state index contributed by atoms with van der Waals surface area (Å²) >= 11 is 0. The Bertz CT molecular complexity index is 358. The van der Waals surface area contributed by atoms with Gasteiger partial charge >= 0.3 is 0 Å². The van der Waals surface area contributed by atoms with Crippen molar-refractivity contribution < 1.29 is 9.84 Å². The number of rotatable bonds is 2. The molecule has 1 N–H and O–H groups in total. The third kappa shape index (κ3) is 2.79. The third-order valence-corrected chi connectivity index (χ3v) is 1.74. The fraction of sp³-hybridized carbons (Fsp3) is 0.333. The highest BCUT2D eigenvalue weighted by molar-refractivity contribution is 5.48. The molecule has 1 rings (SSSR count). The Hall–Kier alpha value is -1.46. The van der Waals surface area contributed by atoms with Crippen LogP contribution in [0.2, 0.25) is 0 Å². The van der Waals surface area contributed by atoms with E-state index in [1.165, 1.54) is 0 Å². The summed E-state index contributed by atoms with van der Waals surface area (Å²) in [6, 6.07) is 5.84. The van der Waals surface area contributed by atoms with Crippen molar-refractivity contribution in [3.8, 4) is 17.6 Å². The predicted octanol–water partition coefficient (Wildman–Crippen LogP) is 1.74. The van der Waals surface area contributed by atoms with Gasteiger partial charge in [0.25, 0.3) is 0 Å². The first-order chi connectivity index (χ1) is 6.77. The Morgan fingerprint density at radius 2 is 2.21 bits per heavy atom. The Morgan fingerprint density at radius 3 is 2.86 bits per heavy atom. The minimum atomic E-state index is -0.125. The summed E-state index contributed by atoms with van der Waals surface area (Å²) in [5.74, 6) is 6.26. The summed E-state index contributed by atoms with van der Waals surface area (Å²) in [6.07, 6.45) is 0. The zero-order chi connectivity index (χ0) is 10.4. The quantitative estimate of drug-likeness (QED) is 0.720. The van der Waals surface area contributed by atoms with Crippen LogP contribution in [0.5, 0.6) is 5.75 Å². The van der Waals surface area contributed by atoms with Gasteiger partial charge in [0.2, 0.25) is 0 Å². The van der Waals surface area contributed by atoms with Crippen molar-refractivity contribution >= 4 is 0 Å². The van der Waals surface area contributed by atoms with Gasteiger partial charge in [-0.05, 0) is 31.5 Å². The molecule has 0 atom stereocenters. The zero-order valence-electron chi connectivity index (χ0n) is 8.50. The number of aliphatic hydroxyl groups excluding tert-OH is 1. The molecule has 0 amide bonds. The highest BCUT2D eigenvalue weighted by atomic mass is 16.5. The molecule has 1 aromatic rings. The second-order valence-corrected chi connectivity index (χ2v) is 2.89. The summed E-state index contributed by atoms with van der Waals surface area (Å²) in [7, 11) is 0. The van der Waals surface area contributed by atoms with Gasteiger partial charge in [-0.1, -0.05) is 17.9 Å². The van der Waals surface area contributed by atoms with E-state index in [1.807, 2.05) is 32.0 Å². The van der Waals surface area contributed by atoms with E-state index in [0.717, 1.165) is 16.9 Å². The van der Waals surface area contributed by atoms with Crippen LogP contribution < -0.4 is 4.74 Å². The van der Waals surface area contributed by atoms with Crippen LogP contribution in [-0.4, -0.2) is 18.3 Å². The number of hydrogen-bond donors (Lipinski definition) is 1. The molecule has 0 saturated heterocycles. The predicted molar refractivity (Wildman–Crippen MR) is 56.3 cm³/mol. The minimum Gasteiger partial charge on any atom is -0.493 e. The first-order valence-electron chi connectivity index (χ1n) is 4.61. The summed E-state index contributed by atoms with van der Waals surface area (Å²) in [4.78, 5) is 0. The summed E-state index contributed by atoms with van der Waals surface area (Å²) in [5, 5.41) is 8.60. The third-order valence-electron chi connectivity index (χ3n) is 1.74. The van der Waals surface area contributed by atoms with Crippen molar-refractivity contribution in [1.82, 2.24) is 0 Å². The number of aliphatic hydroxyl groups is 1. The smallest absolute Gasteiger partial charge is 0.134 e. The lowest BCUT2D eigenvalue weighted by Crippen LogP contribution is -1.94. The molecule has 2 heteroatoms. The molecule has 0 spiro atoms. The Labute approximate surface area is 84.5 Å². The van der Waals surface area contributed by atoms with Crippen LogP contribution in [0, 0.1) is 18.8 Å². The van der Waals surface area contributed by atoms with Crippen molar-refractivity contribution in [2.45, 2.75) is 13.8 Å². The van der Waals surface area contributed by atoms with Crippen LogP contribution in [0.4, 0.5) is 0 Å². The molecule has 0 saturated carbocycles. The molecule has 0 radical (unpaired) electrons. The lowest BCUT2D eigenvalue weighted by atomic mass is 10.1. The molecule has 0 heterocycles. The maximum atomic E-state index is 8.60. The van der Waals surface area contributed by atoms with E-state index in [-0.39, 0.29) is 6.61 Å². The van der Waals surface area contributed by atoms with Crippen molar-refractivity contribution in [1.29, 1.82) is 0 Å². The van der Waals surface area contributed by atoms with Crippen molar-refractivity contribution in [2.24, 2.45) is 0 Å². The fourth-order valence-electron chi connectivity index (χ4n) is 1.16. The molecule has 0 aliphatic heterocycles. The van der Waals surface area contributed by atoms with Crippen LogP contribution in [0.3, 0.4) is 0 Å². The first kappa shape index (κ1) is 10.6. The van der Waals surface area contributed by atoms with E-state index < -0.39 is 0 Å². The summed E-state index contributed by atoms with van der Waals surface area (Å²) < 4.78 is 5.40. The maximum Gasteiger partial charge on any atom is 0.134 e. The van der Waals surface area contributed by atoms with E-state index in [1.54, 1.807) is 0 Å². The molecule has 0 fully saturated rings. The minimum absolute atomic E-state index is 0.125. The van der Waals surface area contributed by atoms with E-state index in [2.05, 4.69) is 11.8 Å². The van der Waals surface area contributed by atoms with Gasteiger partial charge in [-0.2, -0.15) is 0 Å². The standard InChI is InChI=1S/C12H14O2/c1-3-14-12-7-6-10(2)9-11(12)5-4-8-13/h6-7,9,13H,3,8H2,1-2H3. The molecule has 0 unspecified atom stereocenters. The van der Waals surface area contributed by atoms with Crippen LogP contribution in [0.1, 0.15) is 18.1 Å². The van der Waals surface area contributed by atoms with Crippen LogP contribution in [0.15, 0.2) is 18.2 Å². The maximum absolute atomic E-state index is 8.60. The molecular weight excluding hydrogens is 176 g/mol. The van der Waals surface area contributed by atoms with Gasteiger partial charge < -0.3 is 9.84 Å². The van der Waals surface area contributed by atoms with Gasteiger partial charge in [0.15, 0.2) is 0 Å². The lowest BCUT2D eigenvalue weighted by Gasteiger charge is -2.06. The number of ether oxygens (including phenoxy) is 1. The van der Waals surface area contributed by atoms with E-state index in [4.69, 9.17) is 9.84 Å². The second kappa shape index (κ2) is 5.31. The molecule has 0 aliphatic rings. The molecule has 1 aromatic carbocycles. The first-order valence-corrected chi connectivity index (χ1v) is 4.61. The molecule has 14 heavy (non-hydrogen) atoms. The SMILES string of the molecule is CCOc1ccc(C)cc1C#CCO. The number of hydrogen-bond acceptors (Lipinski definition) is 2. The van der Waals surface area contributed by atoms with Crippen LogP contribution in [-0.2, 0) is 0 Å². The van der Waals surface area contributed by atoms with Crippen molar-refractivity contribution in [3.63, 3.8) is 0 Å². The van der Waals surface area contributed by atoms with Gasteiger partial charge in [-0.3, -0.25) is 0 Å². The van der Waals surface area contributed by atoms with E-state index >= 15 is 0 Å². The Balaban J connectivity index is 3.02. The van der Waals surface area contributed by atoms with Crippen LogP contribution in [0.25, 0.3) is 0 Å². The molecule has 0 aromatic heterocycles. The van der Waals surface area contributed by atoms with Crippen molar-refractivity contribution in [2.75, 3.05) is 13.2 Å². The normalized spacial score (nSPS) is 9.07. The summed E-state index contributed by atoms with van der Waals surface area (Å²) in [5.41, 5.74) is 1.97. The number of benzene rings is 1. The van der Waals surface area contributed by atoms with Crippen molar-refractivity contribution in [3.05, 3.63) is 29.3 Å². The lowest BCUT2D eigenvalue weighted by molar-refractivity contribution is 0.339. The Morgan fingerprint density at radius 1 is 1.43 bits per heavy atom. The average molecular weight is 190 g/mol. The van der Waals surface area contributed by atoms with Crippen LogP contribution >= 0.6 is 0 Å². The molecule has 74 valence electrons. The van der Waals surface area contributed by atoms with Gasteiger partial charge in [0.05, 0.1) is 12.2 Å². The number of aryl methyl sites for hydroxylation is 1. The van der Waals surface area contributed by atoms with Gasteiger partial charge in [0, 0.05) is 0 Å². The molecule has 0 aliphatic carbocycles. The van der Waals surface area contributed by atoms with Gasteiger partial charge in [-0.15, -0.1) is 0 Å². The fourth-order valence-corrected chi connectivity index (χ4v) is 1.16. The van der Waals surface area contributed by atoms with Gasteiger partial charge in [-0.25, -0.2) is 0 Å². The zero-order valence-corrected chi connectivity index (χ0v) is 8.50. The average Bonchev–Trinajstić information content (AvgIpc) is 2.18. The largest absolute Gasteiger partial charge is 0.493 e. The van der Waals surface area contributed by atoms with E-state index in [9.17, 15) is 0 Å². The highest BCUT2D eigenvalue weighted by Crippen LogP contribution is 2.18. The molecule has 0 bridgehead atoms. The van der Waals surface area contributed by atoms with Gasteiger partial charge in [0.1, 0.15) is 12.4 Å². The topological polar surface area (TPSA) is 29.5 Å². The summed E-state index contributed by atoms with van der Waals surface area (Å²) in [6.45, 7) is 4.43. The highest BCUT2D eigenvalue weighted by Gasteiger charge is 1.99. The monoisotopic (exact) mass is 190 g/mol.